The summed E-state index contributed by atoms with van der Waals surface area (Å²) in [6.07, 6.45) is 1.81. The van der Waals surface area contributed by atoms with E-state index < -0.39 is 5.82 Å². The van der Waals surface area contributed by atoms with E-state index in [9.17, 15) is 14.4 Å². The fourth-order valence-corrected chi connectivity index (χ4v) is 4.60. The molecule has 1 aliphatic heterocycles. The molecule has 3 heterocycles. The molecule has 0 fully saturated rings. The molecule has 0 N–H and O–H groups in total. The lowest BCUT2D eigenvalue weighted by Gasteiger charge is -2.39. The van der Waals surface area contributed by atoms with E-state index in [-0.39, 0.29) is 34.9 Å². The van der Waals surface area contributed by atoms with Crippen LogP contribution in [0.4, 0.5) is 4.39 Å². The smallest absolute Gasteiger partial charge is 0.293 e. The summed E-state index contributed by atoms with van der Waals surface area (Å²) < 4.78 is 19.6. The Hall–Kier alpha value is -4.31. The van der Waals surface area contributed by atoms with Gasteiger partial charge in [-0.05, 0) is 54.8 Å². The molecule has 0 saturated carbocycles. The van der Waals surface area contributed by atoms with E-state index in [0.717, 1.165) is 22.4 Å². The number of halogens is 1. The van der Waals surface area contributed by atoms with Crippen molar-refractivity contribution in [1.29, 1.82) is 5.26 Å². The van der Waals surface area contributed by atoms with Crippen molar-refractivity contribution in [3.63, 3.8) is 0 Å². The second-order valence-electron chi connectivity index (χ2n) is 8.40. The van der Waals surface area contributed by atoms with Gasteiger partial charge in [0.1, 0.15) is 11.5 Å². The topological polar surface area (TPSA) is 83.0 Å². The molecule has 1 amide bonds. The highest BCUT2D eigenvalue weighted by Crippen LogP contribution is 2.41. The van der Waals surface area contributed by atoms with Crippen LogP contribution in [0.25, 0.3) is 11.3 Å². The minimum Gasteiger partial charge on any atom is -0.350 e. The number of rotatable bonds is 3. The first-order valence-electron chi connectivity index (χ1n) is 11.0. The highest BCUT2D eigenvalue weighted by atomic mass is 19.1. The molecular formula is C27H21FN4O2. The molecule has 2 aromatic heterocycles. The monoisotopic (exact) mass is 452 g/mol. The lowest BCUT2D eigenvalue weighted by molar-refractivity contribution is 0.0622. The van der Waals surface area contributed by atoms with Gasteiger partial charge in [-0.15, -0.1) is 0 Å². The molecule has 5 rings (SSSR count). The Balaban J connectivity index is 1.56. The lowest BCUT2D eigenvalue weighted by Crippen LogP contribution is -2.41. The van der Waals surface area contributed by atoms with Crippen LogP contribution in [-0.4, -0.2) is 27.5 Å². The molecule has 34 heavy (non-hydrogen) atoms. The van der Waals surface area contributed by atoms with Crippen molar-refractivity contribution in [3.05, 3.63) is 106 Å². The zero-order valence-electron chi connectivity index (χ0n) is 18.7. The fourth-order valence-electron chi connectivity index (χ4n) is 4.60. The standard InChI is InChI=1S/C27H21FN4O2/c1-16-10-11-19(14-30-16)22-15-32(17(2)26-18(13-29)6-5-8-20(22)26)27(33)25-12-24(31-34-25)21-7-3-4-9-23(21)28/h3-12,14,17,22H,15H2,1-2H3/t17-,22+/m0/s1. The summed E-state index contributed by atoms with van der Waals surface area (Å²) in [4.78, 5) is 19.7. The molecular weight excluding hydrogens is 431 g/mol. The molecule has 2 atom stereocenters. The van der Waals surface area contributed by atoms with Gasteiger partial charge < -0.3 is 9.42 Å². The van der Waals surface area contributed by atoms with Gasteiger partial charge in [-0.1, -0.05) is 35.5 Å². The Morgan fingerprint density at radius 2 is 2.00 bits per heavy atom. The molecule has 0 spiro atoms. The maximum Gasteiger partial charge on any atom is 0.293 e. The molecule has 0 unspecified atom stereocenters. The van der Waals surface area contributed by atoms with Gasteiger partial charge in [-0.25, -0.2) is 4.39 Å². The second kappa shape index (κ2) is 8.56. The van der Waals surface area contributed by atoms with Crippen LogP contribution in [0.1, 0.15) is 57.4 Å². The summed E-state index contributed by atoms with van der Waals surface area (Å²) in [6.45, 7) is 4.19. The average Bonchev–Trinajstić information content (AvgIpc) is 3.34. The summed E-state index contributed by atoms with van der Waals surface area (Å²) in [5, 5.41) is 13.7. The maximum absolute atomic E-state index is 14.2. The van der Waals surface area contributed by atoms with Crippen LogP contribution in [0.3, 0.4) is 0 Å². The fraction of sp³-hybridized carbons (Fsp3) is 0.185. The number of aromatic nitrogens is 2. The number of benzene rings is 2. The van der Waals surface area contributed by atoms with Crippen molar-refractivity contribution in [2.24, 2.45) is 0 Å². The second-order valence-corrected chi connectivity index (χ2v) is 8.40. The molecule has 1 aliphatic rings. The van der Waals surface area contributed by atoms with Crippen molar-refractivity contribution in [2.45, 2.75) is 25.8 Å². The third kappa shape index (κ3) is 3.63. The Labute approximate surface area is 196 Å². The average molecular weight is 452 g/mol. The first kappa shape index (κ1) is 21.5. The van der Waals surface area contributed by atoms with Crippen molar-refractivity contribution < 1.29 is 13.7 Å². The SMILES string of the molecule is Cc1ccc([C@H]2CN(C(=O)c3cc(-c4ccccc4F)no3)[C@@H](C)c3c(C#N)cccc32)cn1. The highest BCUT2D eigenvalue weighted by molar-refractivity contribution is 5.93. The summed E-state index contributed by atoms with van der Waals surface area (Å²) in [5.74, 6) is -0.957. The number of fused-ring (bicyclic) bond motifs is 1. The normalized spacial score (nSPS) is 17.2. The summed E-state index contributed by atoms with van der Waals surface area (Å²) >= 11 is 0. The Morgan fingerprint density at radius 3 is 2.74 bits per heavy atom. The molecule has 0 radical (unpaired) electrons. The molecule has 168 valence electrons. The van der Waals surface area contributed by atoms with Crippen molar-refractivity contribution in [2.75, 3.05) is 6.54 Å². The van der Waals surface area contributed by atoms with Gasteiger partial charge in [0.25, 0.3) is 5.91 Å². The molecule has 2 aromatic carbocycles. The Morgan fingerprint density at radius 1 is 1.18 bits per heavy atom. The first-order chi connectivity index (χ1) is 16.5. The number of carbonyl (C=O) groups excluding carboxylic acids is 1. The van der Waals surface area contributed by atoms with Crippen LogP contribution in [0, 0.1) is 24.1 Å². The van der Waals surface area contributed by atoms with E-state index in [4.69, 9.17) is 4.52 Å². The summed E-state index contributed by atoms with van der Waals surface area (Å²) in [7, 11) is 0. The third-order valence-electron chi connectivity index (χ3n) is 6.37. The number of nitriles is 1. The zero-order valence-corrected chi connectivity index (χ0v) is 18.7. The van der Waals surface area contributed by atoms with Gasteiger partial charge in [0.2, 0.25) is 5.76 Å². The largest absolute Gasteiger partial charge is 0.350 e. The predicted octanol–water partition coefficient (Wildman–Crippen LogP) is 5.40. The molecule has 4 aromatic rings. The number of carbonyl (C=O) groups is 1. The third-order valence-corrected chi connectivity index (χ3v) is 6.37. The number of hydrogen-bond acceptors (Lipinski definition) is 5. The minimum atomic E-state index is -0.444. The number of nitrogens with zero attached hydrogens (tertiary/aromatic N) is 4. The van der Waals surface area contributed by atoms with E-state index in [1.807, 2.05) is 44.3 Å². The number of pyridine rings is 1. The quantitative estimate of drug-likeness (QED) is 0.415. The van der Waals surface area contributed by atoms with Crippen molar-refractivity contribution in [3.8, 4) is 17.3 Å². The zero-order chi connectivity index (χ0) is 23.8. The molecule has 0 saturated heterocycles. The van der Waals surface area contributed by atoms with Gasteiger partial charge in [0, 0.05) is 36.0 Å². The van der Waals surface area contributed by atoms with Gasteiger partial charge in [-0.3, -0.25) is 9.78 Å². The van der Waals surface area contributed by atoms with Crippen LogP contribution in [0.2, 0.25) is 0 Å². The minimum absolute atomic E-state index is 0.0174. The van der Waals surface area contributed by atoms with E-state index in [1.54, 1.807) is 29.2 Å². The Kier molecular flexibility index (Phi) is 5.42. The van der Waals surface area contributed by atoms with Gasteiger partial charge in [-0.2, -0.15) is 5.26 Å². The van der Waals surface area contributed by atoms with Crippen LogP contribution in [0.15, 0.2) is 71.4 Å². The molecule has 0 bridgehead atoms. The van der Waals surface area contributed by atoms with Crippen molar-refractivity contribution in [1.82, 2.24) is 15.0 Å². The van der Waals surface area contributed by atoms with Gasteiger partial charge >= 0.3 is 0 Å². The van der Waals surface area contributed by atoms with E-state index in [0.29, 0.717) is 12.1 Å². The highest BCUT2D eigenvalue weighted by Gasteiger charge is 2.37. The molecule has 7 heteroatoms. The predicted molar refractivity (Wildman–Crippen MR) is 123 cm³/mol. The summed E-state index contributed by atoms with van der Waals surface area (Å²) in [6, 6.07) is 19.1. The van der Waals surface area contributed by atoms with Crippen LogP contribution in [0.5, 0.6) is 0 Å². The number of hydrogen-bond donors (Lipinski definition) is 0. The van der Waals surface area contributed by atoms with Crippen molar-refractivity contribution >= 4 is 5.91 Å². The lowest BCUT2D eigenvalue weighted by atomic mass is 9.80. The van der Waals surface area contributed by atoms with Gasteiger partial charge in [0.05, 0.1) is 17.7 Å². The molecule has 0 aliphatic carbocycles. The van der Waals surface area contributed by atoms with Crippen LogP contribution >= 0.6 is 0 Å². The van der Waals surface area contributed by atoms with E-state index in [1.165, 1.54) is 12.1 Å². The van der Waals surface area contributed by atoms with E-state index in [2.05, 4.69) is 16.2 Å². The summed E-state index contributed by atoms with van der Waals surface area (Å²) in [5.41, 5.74) is 4.71. The molecule has 6 nitrogen and oxygen atoms in total. The van der Waals surface area contributed by atoms with Crippen LogP contribution < -0.4 is 0 Å². The van der Waals surface area contributed by atoms with E-state index >= 15 is 0 Å². The number of aryl methyl sites for hydroxylation is 1. The number of amides is 1. The first-order valence-corrected chi connectivity index (χ1v) is 11.0. The van der Waals surface area contributed by atoms with Crippen LogP contribution in [-0.2, 0) is 0 Å². The Bertz CT molecular complexity index is 1420. The van der Waals surface area contributed by atoms with Gasteiger partial charge in [0.15, 0.2) is 0 Å². The maximum atomic E-state index is 14.2.